The maximum absolute atomic E-state index is 14.2. The first-order chi connectivity index (χ1) is 14.4. The Morgan fingerprint density at radius 3 is 2.53 bits per heavy atom. The molecular weight excluding hydrogens is 407 g/mol. The first-order valence-corrected chi connectivity index (χ1v) is 11.2. The van der Waals surface area contributed by atoms with Gasteiger partial charge in [-0.15, -0.1) is 0 Å². The Labute approximate surface area is 175 Å². The molecule has 0 radical (unpaired) electrons. The average Bonchev–Trinajstić information content (AvgIpc) is 3.61. The molecule has 6 nitrogen and oxygen atoms in total. The third-order valence-corrected chi connectivity index (χ3v) is 8.05. The SMILES string of the molecule is COc1cccc(F)c1Oc1ccc([N+]2(S(=O)(=O)C3CC3)C=C(CN)C=CC2)cc1. The zero-order chi connectivity index (χ0) is 21.4. The molecule has 2 N–H and O–H groups in total. The van der Waals surface area contributed by atoms with E-state index in [1.165, 1.54) is 19.2 Å². The quantitative estimate of drug-likeness (QED) is 0.674. The molecule has 1 fully saturated rings. The fraction of sp³-hybridized carbons (Fsp3) is 0.273. The largest absolute Gasteiger partial charge is 0.493 e. The summed E-state index contributed by atoms with van der Waals surface area (Å²) in [5, 5.41) is -0.349. The summed E-state index contributed by atoms with van der Waals surface area (Å²) in [7, 11) is -2.06. The third kappa shape index (κ3) is 3.51. The van der Waals surface area contributed by atoms with Gasteiger partial charge in [0, 0.05) is 24.3 Å². The lowest BCUT2D eigenvalue weighted by atomic mass is 10.2. The maximum Gasteiger partial charge on any atom is 0.309 e. The number of quaternary nitrogens is 1. The van der Waals surface area contributed by atoms with Crippen molar-refractivity contribution >= 4 is 15.7 Å². The number of nitrogens with two attached hydrogens (primary N) is 1. The summed E-state index contributed by atoms with van der Waals surface area (Å²) in [6, 6.07) is 11.1. The highest BCUT2D eigenvalue weighted by Crippen LogP contribution is 2.42. The molecule has 4 rings (SSSR count). The Balaban J connectivity index is 1.71. The number of hydrogen-bond acceptors (Lipinski definition) is 5. The number of benzene rings is 2. The Kier molecular flexibility index (Phi) is 5.40. The van der Waals surface area contributed by atoms with Gasteiger partial charge in [-0.05, 0) is 43.2 Å². The predicted octanol–water partition coefficient (Wildman–Crippen LogP) is 3.84. The minimum atomic E-state index is -3.50. The number of methoxy groups -OCH3 is 1. The van der Waals surface area contributed by atoms with Gasteiger partial charge >= 0.3 is 10.0 Å². The second kappa shape index (κ2) is 7.86. The van der Waals surface area contributed by atoms with Crippen molar-refractivity contribution in [3.05, 3.63) is 72.2 Å². The van der Waals surface area contributed by atoms with Gasteiger partial charge in [0.05, 0.1) is 7.11 Å². The minimum absolute atomic E-state index is 0.0199. The van der Waals surface area contributed by atoms with E-state index in [1.807, 2.05) is 12.2 Å². The number of nitrogens with zero attached hydrogens (tertiary/aromatic N) is 1. The Bertz CT molecular complexity index is 1110. The van der Waals surface area contributed by atoms with Crippen LogP contribution < -0.4 is 19.1 Å². The number of sulfonamides is 1. The van der Waals surface area contributed by atoms with Crippen LogP contribution in [0.2, 0.25) is 0 Å². The second-order valence-corrected chi connectivity index (χ2v) is 9.72. The van der Waals surface area contributed by atoms with Crippen LogP contribution in [0.15, 0.2) is 66.4 Å². The summed E-state index contributed by atoms with van der Waals surface area (Å²) >= 11 is 0. The normalized spacial score (nSPS) is 21.2. The highest BCUT2D eigenvalue weighted by molar-refractivity contribution is 7.92. The zero-order valence-corrected chi connectivity index (χ0v) is 17.4. The van der Waals surface area contributed by atoms with Crippen molar-refractivity contribution in [2.24, 2.45) is 5.73 Å². The number of hydrogen-bond donors (Lipinski definition) is 1. The highest BCUT2D eigenvalue weighted by atomic mass is 32.2. The molecule has 1 saturated carbocycles. The summed E-state index contributed by atoms with van der Waals surface area (Å²) in [6.45, 7) is 0.550. The van der Waals surface area contributed by atoms with E-state index in [9.17, 15) is 12.8 Å². The number of ether oxygens (including phenoxy) is 2. The van der Waals surface area contributed by atoms with E-state index in [0.717, 1.165) is 5.57 Å². The summed E-state index contributed by atoms with van der Waals surface area (Å²) < 4.78 is 51.5. The van der Waals surface area contributed by atoms with Gasteiger partial charge in [-0.1, -0.05) is 12.1 Å². The summed E-state index contributed by atoms with van der Waals surface area (Å²) in [5.74, 6) is 0.0821. The molecule has 0 aromatic heterocycles. The molecule has 1 heterocycles. The molecule has 8 heteroatoms. The fourth-order valence-electron chi connectivity index (χ4n) is 3.61. The molecule has 30 heavy (non-hydrogen) atoms. The van der Waals surface area contributed by atoms with Crippen LogP contribution in [0, 0.1) is 5.82 Å². The fourth-order valence-corrected chi connectivity index (χ4v) is 5.87. The van der Waals surface area contributed by atoms with Crippen molar-refractivity contribution in [2.45, 2.75) is 18.1 Å². The predicted molar refractivity (Wildman–Crippen MR) is 114 cm³/mol. The Morgan fingerprint density at radius 1 is 1.17 bits per heavy atom. The van der Waals surface area contributed by atoms with E-state index in [4.69, 9.17) is 15.2 Å². The van der Waals surface area contributed by atoms with E-state index in [0.29, 0.717) is 30.8 Å². The van der Waals surface area contributed by atoms with Gasteiger partial charge in [-0.25, -0.2) is 4.39 Å². The molecule has 158 valence electrons. The van der Waals surface area contributed by atoms with Crippen LogP contribution in [0.1, 0.15) is 12.8 Å². The van der Waals surface area contributed by atoms with Crippen molar-refractivity contribution in [1.82, 2.24) is 3.89 Å². The van der Waals surface area contributed by atoms with Gasteiger partial charge in [0.2, 0.25) is 5.75 Å². The van der Waals surface area contributed by atoms with Crippen molar-refractivity contribution in [2.75, 3.05) is 20.2 Å². The number of halogens is 1. The van der Waals surface area contributed by atoms with Crippen LogP contribution in [-0.2, 0) is 10.0 Å². The van der Waals surface area contributed by atoms with Crippen molar-refractivity contribution < 1.29 is 22.3 Å². The van der Waals surface area contributed by atoms with Crippen LogP contribution in [-0.4, -0.2) is 33.9 Å². The first-order valence-electron chi connectivity index (χ1n) is 9.72. The molecule has 0 saturated heterocycles. The van der Waals surface area contributed by atoms with Gasteiger partial charge < -0.3 is 15.2 Å². The minimum Gasteiger partial charge on any atom is -0.493 e. The lowest BCUT2D eigenvalue weighted by Gasteiger charge is -2.34. The standard InChI is InChI=1S/C22H24FN2O4S/c1-28-21-6-2-5-20(23)22(21)29-18-9-7-17(8-10-18)25(30(26,27)19-11-12-19)13-3-4-16(14-24)15-25/h2-10,15,19H,11-14,24H2,1H3/q+1. The Morgan fingerprint density at radius 2 is 1.90 bits per heavy atom. The van der Waals surface area contributed by atoms with Crippen LogP contribution >= 0.6 is 0 Å². The van der Waals surface area contributed by atoms with E-state index in [1.54, 1.807) is 36.5 Å². The van der Waals surface area contributed by atoms with Crippen LogP contribution in [0.25, 0.3) is 0 Å². The van der Waals surface area contributed by atoms with Crippen LogP contribution in [0.3, 0.4) is 0 Å². The van der Waals surface area contributed by atoms with Crippen molar-refractivity contribution in [1.29, 1.82) is 0 Å². The molecule has 0 bridgehead atoms. The molecule has 1 aliphatic carbocycles. The van der Waals surface area contributed by atoms with E-state index in [-0.39, 0.29) is 27.2 Å². The molecular formula is C22H24FN2O4S+. The molecule has 2 aromatic rings. The van der Waals surface area contributed by atoms with Crippen molar-refractivity contribution in [3.63, 3.8) is 0 Å². The van der Waals surface area contributed by atoms with Gasteiger partial charge in [0.25, 0.3) is 0 Å². The molecule has 0 spiro atoms. The van der Waals surface area contributed by atoms with E-state index in [2.05, 4.69) is 0 Å². The van der Waals surface area contributed by atoms with Crippen LogP contribution in [0.5, 0.6) is 17.2 Å². The monoisotopic (exact) mass is 431 g/mol. The highest BCUT2D eigenvalue weighted by Gasteiger charge is 2.52. The van der Waals surface area contributed by atoms with Gasteiger partial charge in [0.15, 0.2) is 17.3 Å². The lowest BCUT2D eigenvalue weighted by Crippen LogP contribution is -2.52. The third-order valence-electron chi connectivity index (χ3n) is 5.36. The molecule has 1 aliphatic heterocycles. The lowest BCUT2D eigenvalue weighted by molar-refractivity contribution is 0.364. The maximum atomic E-state index is 14.2. The van der Waals surface area contributed by atoms with E-state index >= 15 is 0 Å². The molecule has 1 atom stereocenters. The van der Waals surface area contributed by atoms with Crippen molar-refractivity contribution in [3.8, 4) is 17.2 Å². The Hall–Kier alpha value is -2.68. The summed E-state index contributed by atoms with van der Waals surface area (Å²) in [4.78, 5) is 0. The van der Waals surface area contributed by atoms with Gasteiger partial charge in [-0.2, -0.15) is 12.3 Å². The van der Waals surface area contributed by atoms with E-state index < -0.39 is 15.8 Å². The topological polar surface area (TPSA) is 78.6 Å². The first kappa shape index (κ1) is 20.6. The second-order valence-electron chi connectivity index (χ2n) is 7.37. The van der Waals surface area contributed by atoms with Gasteiger partial charge in [-0.3, -0.25) is 0 Å². The molecule has 0 amide bonds. The zero-order valence-electron chi connectivity index (χ0n) is 16.6. The molecule has 1 unspecified atom stereocenters. The smallest absolute Gasteiger partial charge is 0.309 e. The molecule has 2 aliphatic rings. The summed E-state index contributed by atoms with van der Waals surface area (Å²) in [6.07, 6.45) is 6.78. The van der Waals surface area contributed by atoms with Gasteiger partial charge in [0.1, 0.15) is 23.7 Å². The molecule has 2 aromatic carbocycles. The number of para-hydroxylation sites is 1. The summed E-state index contributed by atoms with van der Waals surface area (Å²) in [5.41, 5.74) is 7.15. The van der Waals surface area contributed by atoms with Crippen LogP contribution in [0.4, 0.5) is 10.1 Å². The number of rotatable bonds is 7. The average molecular weight is 432 g/mol.